The van der Waals surface area contributed by atoms with Gasteiger partial charge in [0.1, 0.15) is 0 Å². The van der Waals surface area contributed by atoms with Gasteiger partial charge in [-0.25, -0.2) is 18.1 Å². The summed E-state index contributed by atoms with van der Waals surface area (Å²) in [4.78, 5) is 14.2. The Bertz CT molecular complexity index is 1100. The molecule has 0 fully saturated rings. The molecule has 0 radical (unpaired) electrons. The molecule has 0 saturated carbocycles. The fraction of sp³-hybridized carbons (Fsp3) is 0.167. The van der Waals surface area contributed by atoms with Crippen molar-refractivity contribution in [1.82, 2.24) is 14.3 Å². The smallest absolute Gasteiger partial charge is 0.275 e. The van der Waals surface area contributed by atoms with Crippen LogP contribution in [-0.2, 0) is 23.1 Å². The Balaban J connectivity index is 1.72. The van der Waals surface area contributed by atoms with Gasteiger partial charge in [-0.2, -0.15) is 0 Å². The quantitative estimate of drug-likeness (QED) is 0.466. The molecule has 1 aromatic heterocycles. The van der Waals surface area contributed by atoms with Gasteiger partial charge in [0.25, 0.3) is 5.69 Å². The number of rotatable bonds is 7. The lowest BCUT2D eigenvalue weighted by molar-refractivity contribution is -0.385. The number of benzene rings is 2. The minimum Gasteiger partial charge on any atom is -0.333 e. The highest BCUT2D eigenvalue weighted by molar-refractivity contribution is 7.89. The number of sulfonamides is 1. The summed E-state index contributed by atoms with van der Waals surface area (Å²) in [6.07, 6.45) is 5.27. The summed E-state index contributed by atoms with van der Waals surface area (Å²) in [7, 11) is -3.96. The standard InChI is InChI=1S/C18H17ClN4O4S/c1-13-17(19)8-16(9-18(13)23(24)25)28(26,27)21-10-14-2-4-15(5-3-14)11-22-7-6-20-12-22/h2-9,12,21H,10-11H2,1H3. The van der Waals surface area contributed by atoms with Crippen LogP contribution in [0.4, 0.5) is 5.69 Å². The molecule has 0 spiro atoms. The van der Waals surface area contributed by atoms with Crippen LogP contribution in [0.2, 0.25) is 5.02 Å². The van der Waals surface area contributed by atoms with E-state index >= 15 is 0 Å². The number of halogens is 1. The molecule has 0 aliphatic carbocycles. The van der Waals surface area contributed by atoms with E-state index in [1.165, 1.54) is 13.0 Å². The zero-order chi connectivity index (χ0) is 20.3. The van der Waals surface area contributed by atoms with E-state index in [0.717, 1.165) is 17.2 Å². The van der Waals surface area contributed by atoms with Crippen molar-refractivity contribution in [2.45, 2.75) is 24.9 Å². The second kappa shape index (κ2) is 8.09. The minimum absolute atomic E-state index is 0.0263. The molecule has 0 aliphatic heterocycles. The van der Waals surface area contributed by atoms with E-state index in [4.69, 9.17) is 11.6 Å². The predicted octanol–water partition coefficient (Wildman–Crippen LogP) is 3.28. The summed E-state index contributed by atoms with van der Waals surface area (Å²) < 4.78 is 29.4. The van der Waals surface area contributed by atoms with Crippen molar-refractivity contribution < 1.29 is 13.3 Å². The zero-order valence-electron chi connectivity index (χ0n) is 14.9. The maximum atomic E-state index is 12.5. The molecule has 0 atom stereocenters. The van der Waals surface area contributed by atoms with E-state index in [1.807, 2.05) is 35.0 Å². The average Bonchev–Trinajstić information content (AvgIpc) is 3.16. The van der Waals surface area contributed by atoms with Crippen molar-refractivity contribution >= 4 is 27.3 Å². The lowest BCUT2D eigenvalue weighted by Crippen LogP contribution is -2.23. The highest BCUT2D eigenvalue weighted by atomic mass is 35.5. The van der Waals surface area contributed by atoms with E-state index < -0.39 is 14.9 Å². The van der Waals surface area contributed by atoms with Gasteiger partial charge in [0, 0.05) is 37.1 Å². The number of nitrogens with zero attached hydrogens (tertiary/aromatic N) is 3. The Morgan fingerprint density at radius 2 is 1.89 bits per heavy atom. The molecule has 10 heteroatoms. The normalized spacial score (nSPS) is 11.5. The van der Waals surface area contributed by atoms with Crippen LogP contribution in [0, 0.1) is 17.0 Å². The third-order valence-electron chi connectivity index (χ3n) is 4.21. The monoisotopic (exact) mass is 420 g/mol. The largest absolute Gasteiger partial charge is 0.333 e. The summed E-state index contributed by atoms with van der Waals surface area (Å²) in [5.74, 6) is 0. The molecule has 2 aromatic carbocycles. The molecule has 0 amide bonds. The second-order valence-electron chi connectivity index (χ2n) is 6.18. The topological polar surface area (TPSA) is 107 Å². The Morgan fingerprint density at radius 1 is 1.21 bits per heavy atom. The maximum absolute atomic E-state index is 12.5. The van der Waals surface area contributed by atoms with Gasteiger partial charge in [0.05, 0.1) is 21.2 Å². The zero-order valence-corrected chi connectivity index (χ0v) is 16.4. The fourth-order valence-electron chi connectivity index (χ4n) is 2.60. The van der Waals surface area contributed by atoms with Crippen molar-refractivity contribution in [3.63, 3.8) is 0 Å². The van der Waals surface area contributed by atoms with Crippen LogP contribution in [-0.4, -0.2) is 22.9 Å². The molecule has 1 N–H and O–H groups in total. The molecule has 1 heterocycles. The predicted molar refractivity (Wildman–Crippen MR) is 105 cm³/mol. The van der Waals surface area contributed by atoms with Crippen LogP contribution in [0.3, 0.4) is 0 Å². The maximum Gasteiger partial charge on any atom is 0.275 e. The SMILES string of the molecule is Cc1c(Cl)cc(S(=O)(=O)NCc2ccc(Cn3ccnc3)cc2)cc1[N+](=O)[O-]. The number of hydrogen-bond acceptors (Lipinski definition) is 5. The van der Waals surface area contributed by atoms with Gasteiger partial charge >= 0.3 is 0 Å². The fourth-order valence-corrected chi connectivity index (χ4v) is 3.94. The van der Waals surface area contributed by atoms with Crippen molar-refractivity contribution in [2.24, 2.45) is 0 Å². The number of hydrogen-bond donors (Lipinski definition) is 1. The number of nitro benzene ring substituents is 1. The summed E-state index contributed by atoms with van der Waals surface area (Å²) in [6, 6.07) is 9.66. The first kappa shape index (κ1) is 20.0. The molecular weight excluding hydrogens is 404 g/mol. The highest BCUT2D eigenvalue weighted by Crippen LogP contribution is 2.29. The van der Waals surface area contributed by atoms with Gasteiger partial charge < -0.3 is 4.57 Å². The first-order valence-corrected chi connectivity index (χ1v) is 10.1. The molecule has 0 bridgehead atoms. The lowest BCUT2D eigenvalue weighted by atomic mass is 10.1. The molecule has 0 unspecified atom stereocenters. The van der Waals surface area contributed by atoms with Crippen LogP contribution in [0.25, 0.3) is 0 Å². The number of aromatic nitrogens is 2. The van der Waals surface area contributed by atoms with Gasteiger partial charge in [0.2, 0.25) is 10.0 Å². The Labute approximate surface area is 167 Å². The number of nitro groups is 1. The first-order valence-electron chi connectivity index (χ1n) is 8.24. The van der Waals surface area contributed by atoms with Gasteiger partial charge in [-0.1, -0.05) is 35.9 Å². The Morgan fingerprint density at radius 3 is 2.50 bits per heavy atom. The molecule has 8 nitrogen and oxygen atoms in total. The van der Waals surface area contributed by atoms with E-state index in [1.54, 1.807) is 12.5 Å². The second-order valence-corrected chi connectivity index (χ2v) is 8.36. The molecular formula is C18H17ClN4O4S. The Hall–Kier alpha value is -2.75. The molecule has 28 heavy (non-hydrogen) atoms. The first-order chi connectivity index (χ1) is 13.3. The summed E-state index contributed by atoms with van der Waals surface area (Å²) in [6.45, 7) is 2.18. The van der Waals surface area contributed by atoms with Gasteiger partial charge in [0.15, 0.2) is 0 Å². The van der Waals surface area contributed by atoms with Crippen molar-refractivity contribution in [2.75, 3.05) is 0 Å². The average molecular weight is 421 g/mol. The van der Waals surface area contributed by atoms with Gasteiger partial charge in [-0.05, 0) is 24.1 Å². The molecule has 0 saturated heterocycles. The molecule has 3 rings (SSSR count). The van der Waals surface area contributed by atoms with E-state index in [-0.39, 0.29) is 27.7 Å². The van der Waals surface area contributed by atoms with Crippen LogP contribution >= 0.6 is 11.6 Å². The van der Waals surface area contributed by atoms with Crippen molar-refractivity contribution in [1.29, 1.82) is 0 Å². The third kappa shape index (κ3) is 4.56. The van der Waals surface area contributed by atoms with Crippen LogP contribution in [0.15, 0.2) is 60.0 Å². The van der Waals surface area contributed by atoms with Crippen molar-refractivity contribution in [3.8, 4) is 0 Å². The van der Waals surface area contributed by atoms with Crippen LogP contribution in [0.5, 0.6) is 0 Å². The van der Waals surface area contributed by atoms with Crippen molar-refractivity contribution in [3.05, 3.63) is 86.9 Å². The number of nitrogens with one attached hydrogen (secondary N) is 1. The van der Waals surface area contributed by atoms with Gasteiger partial charge in [-0.15, -0.1) is 0 Å². The lowest BCUT2D eigenvalue weighted by Gasteiger charge is -2.09. The molecule has 146 valence electrons. The van der Waals surface area contributed by atoms with E-state index in [9.17, 15) is 18.5 Å². The van der Waals surface area contributed by atoms with Crippen LogP contribution in [0.1, 0.15) is 16.7 Å². The summed E-state index contributed by atoms with van der Waals surface area (Å²) in [5, 5.41) is 11.1. The Kier molecular flexibility index (Phi) is 5.78. The molecule has 0 aliphatic rings. The number of imidazole rings is 1. The van der Waals surface area contributed by atoms with Gasteiger partial charge in [-0.3, -0.25) is 10.1 Å². The molecule has 3 aromatic rings. The highest BCUT2D eigenvalue weighted by Gasteiger charge is 2.22. The minimum atomic E-state index is -3.96. The summed E-state index contributed by atoms with van der Waals surface area (Å²) >= 11 is 5.96. The van der Waals surface area contributed by atoms with E-state index in [0.29, 0.717) is 6.54 Å². The summed E-state index contributed by atoms with van der Waals surface area (Å²) in [5.41, 5.74) is 1.69. The third-order valence-corrected chi connectivity index (χ3v) is 5.98. The van der Waals surface area contributed by atoms with E-state index in [2.05, 4.69) is 9.71 Å². The van der Waals surface area contributed by atoms with Crippen LogP contribution < -0.4 is 4.72 Å².